The number of benzene rings is 1. The molecule has 1 atom stereocenters. The molecule has 1 aromatic rings. The van der Waals surface area contributed by atoms with Crippen LogP contribution in [0.25, 0.3) is 0 Å². The lowest BCUT2D eigenvalue weighted by molar-refractivity contribution is 0.0275. The van der Waals surface area contributed by atoms with E-state index < -0.39 is 11.6 Å². The van der Waals surface area contributed by atoms with Crippen LogP contribution in [0.4, 0.5) is 8.78 Å². The van der Waals surface area contributed by atoms with Gasteiger partial charge in [-0.05, 0) is 31.9 Å². The van der Waals surface area contributed by atoms with Crippen molar-refractivity contribution in [1.82, 2.24) is 5.32 Å². The minimum atomic E-state index is -0.502. The molecule has 1 heterocycles. The largest absolute Gasteiger partial charge is 0.380 e. The summed E-state index contributed by atoms with van der Waals surface area (Å²) < 4.78 is 32.2. The van der Waals surface area contributed by atoms with E-state index in [1.165, 1.54) is 18.2 Å². The highest BCUT2D eigenvalue weighted by Crippen LogP contribution is 2.20. The summed E-state index contributed by atoms with van der Waals surface area (Å²) in [7, 11) is 0. The second-order valence-electron chi connectivity index (χ2n) is 4.77. The second-order valence-corrected chi connectivity index (χ2v) is 4.77. The molecule has 1 aromatic carbocycles. The van der Waals surface area contributed by atoms with Crippen molar-refractivity contribution in [3.8, 4) is 0 Å². The van der Waals surface area contributed by atoms with Crippen molar-refractivity contribution >= 4 is 0 Å². The summed E-state index contributed by atoms with van der Waals surface area (Å²) in [4.78, 5) is 0. The number of nitrogens with one attached hydrogen (secondary N) is 1. The SMILES string of the molecule is CC1(NCc2c(F)cccc2F)CCCOC1. The standard InChI is InChI=1S/C13H17F2NO/c1-13(6-3-7-17-9-13)16-8-10-11(14)4-2-5-12(10)15/h2,4-5,16H,3,6-9H2,1H3. The maximum atomic E-state index is 13.4. The van der Waals surface area contributed by atoms with E-state index in [0.717, 1.165) is 19.4 Å². The van der Waals surface area contributed by atoms with Crippen LogP contribution in [0.15, 0.2) is 18.2 Å². The van der Waals surface area contributed by atoms with Gasteiger partial charge in [0.2, 0.25) is 0 Å². The summed E-state index contributed by atoms with van der Waals surface area (Å²) >= 11 is 0. The normalized spacial score (nSPS) is 24.9. The molecule has 94 valence electrons. The fourth-order valence-electron chi connectivity index (χ4n) is 2.08. The van der Waals surface area contributed by atoms with Gasteiger partial charge in [-0.15, -0.1) is 0 Å². The average Bonchev–Trinajstić information content (AvgIpc) is 2.29. The molecule has 1 saturated heterocycles. The zero-order valence-electron chi connectivity index (χ0n) is 9.93. The summed E-state index contributed by atoms with van der Waals surface area (Å²) in [5.74, 6) is -1.00. The molecule has 0 aromatic heterocycles. The molecular formula is C13H17F2NO. The van der Waals surface area contributed by atoms with Crippen LogP contribution in [0.1, 0.15) is 25.3 Å². The molecular weight excluding hydrogens is 224 g/mol. The van der Waals surface area contributed by atoms with Gasteiger partial charge in [-0.3, -0.25) is 0 Å². The molecule has 0 bridgehead atoms. The quantitative estimate of drug-likeness (QED) is 0.878. The van der Waals surface area contributed by atoms with Gasteiger partial charge in [0.1, 0.15) is 11.6 Å². The fraction of sp³-hybridized carbons (Fsp3) is 0.538. The maximum absolute atomic E-state index is 13.4. The van der Waals surface area contributed by atoms with Crippen LogP contribution >= 0.6 is 0 Å². The lowest BCUT2D eigenvalue weighted by Crippen LogP contribution is -2.48. The van der Waals surface area contributed by atoms with Gasteiger partial charge < -0.3 is 10.1 Å². The van der Waals surface area contributed by atoms with Crippen LogP contribution in [0.5, 0.6) is 0 Å². The minimum Gasteiger partial charge on any atom is -0.380 e. The van der Waals surface area contributed by atoms with Crippen LogP contribution in [-0.2, 0) is 11.3 Å². The van der Waals surface area contributed by atoms with Crippen LogP contribution < -0.4 is 5.32 Å². The Bertz CT molecular complexity index is 369. The number of hydrogen-bond acceptors (Lipinski definition) is 2. The van der Waals surface area contributed by atoms with Gasteiger partial charge in [0.25, 0.3) is 0 Å². The zero-order valence-corrected chi connectivity index (χ0v) is 9.93. The van der Waals surface area contributed by atoms with Crippen molar-refractivity contribution in [3.63, 3.8) is 0 Å². The van der Waals surface area contributed by atoms with E-state index in [9.17, 15) is 8.78 Å². The number of halogens is 2. The molecule has 0 aliphatic carbocycles. The van der Waals surface area contributed by atoms with Crippen molar-refractivity contribution in [1.29, 1.82) is 0 Å². The maximum Gasteiger partial charge on any atom is 0.130 e. The Kier molecular flexibility index (Phi) is 3.74. The highest BCUT2D eigenvalue weighted by atomic mass is 19.1. The van der Waals surface area contributed by atoms with E-state index in [-0.39, 0.29) is 17.6 Å². The number of rotatable bonds is 3. The minimum absolute atomic E-state index is 0.0966. The monoisotopic (exact) mass is 241 g/mol. The Labute approximate surface area is 100.0 Å². The Morgan fingerprint density at radius 1 is 1.35 bits per heavy atom. The van der Waals surface area contributed by atoms with Gasteiger partial charge in [0.15, 0.2) is 0 Å². The van der Waals surface area contributed by atoms with E-state index in [1.807, 2.05) is 6.92 Å². The van der Waals surface area contributed by atoms with Gasteiger partial charge in [-0.1, -0.05) is 6.07 Å². The van der Waals surface area contributed by atoms with Crippen LogP contribution in [0, 0.1) is 11.6 Å². The molecule has 0 amide bonds. The predicted molar refractivity (Wildman–Crippen MR) is 61.7 cm³/mol. The van der Waals surface area contributed by atoms with Gasteiger partial charge in [-0.2, -0.15) is 0 Å². The highest BCUT2D eigenvalue weighted by Gasteiger charge is 2.27. The first-order valence-corrected chi connectivity index (χ1v) is 5.86. The second kappa shape index (κ2) is 5.10. The molecule has 17 heavy (non-hydrogen) atoms. The molecule has 1 fully saturated rings. The molecule has 0 saturated carbocycles. The van der Waals surface area contributed by atoms with E-state index >= 15 is 0 Å². The third kappa shape index (κ3) is 3.01. The highest BCUT2D eigenvalue weighted by molar-refractivity contribution is 5.19. The van der Waals surface area contributed by atoms with Crippen LogP contribution in [-0.4, -0.2) is 18.8 Å². The Balaban J connectivity index is 2.02. The Morgan fingerprint density at radius 3 is 2.65 bits per heavy atom. The summed E-state index contributed by atoms with van der Waals surface area (Å²) in [6.45, 7) is 3.57. The molecule has 0 spiro atoms. The van der Waals surface area contributed by atoms with Crippen LogP contribution in [0.2, 0.25) is 0 Å². The Morgan fingerprint density at radius 2 is 2.06 bits per heavy atom. The zero-order chi connectivity index (χ0) is 12.3. The van der Waals surface area contributed by atoms with Crippen molar-refractivity contribution in [2.24, 2.45) is 0 Å². The summed E-state index contributed by atoms with van der Waals surface area (Å²) in [6, 6.07) is 3.93. The van der Waals surface area contributed by atoms with E-state index in [1.54, 1.807) is 0 Å². The lowest BCUT2D eigenvalue weighted by Gasteiger charge is -2.34. The Hall–Kier alpha value is -1.00. The molecule has 2 nitrogen and oxygen atoms in total. The van der Waals surface area contributed by atoms with E-state index in [0.29, 0.717) is 6.61 Å². The smallest absolute Gasteiger partial charge is 0.130 e. The first kappa shape index (κ1) is 12.5. The predicted octanol–water partition coefficient (Wildman–Crippen LogP) is 2.62. The van der Waals surface area contributed by atoms with E-state index in [2.05, 4.69) is 5.32 Å². The first-order valence-electron chi connectivity index (χ1n) is 5.86. The van der Waals surface area contributed by atoms with Gasteiger partial charge >= 0.3 is 0 Å². The molecule has 0 radical (unpaired) electrons. The average molecular weight is 241 g/mol. The molecule has 1 aliphatic rings. The fourth-order valence-corrected chi connectivity index (χ4v) is 2.08. The summed E-state index contributed by atoms with van der Waals surface area (Å²) in [6.07, 6.45) is 1.94. The van der Waals surface area contributed by atoms with Crippen LogP contribution in [0.3, 0.4) is 0 Å². The summed E-state index contributed by atoms with van der Waals surface area (Å²) in [5, 5.41) is 3.19. The molecule has 1 unspecified atom stereocenters. The van der Waals surface area contributed by atoms with Crippen molar-refractivity contribution in [2.45, 2.75) is 31.8 Å². The molecule has 1 N–H and O–H groups in total. The third-order valence-corrected chi connectivity index (χ3v) is 3.19. The van der Waals surface area contributed by atoms with Crippen molar-refractivity contribution in [2.75, 3.05) is 13.2 Å². The van der Waals surface area contributed by atoms with Gasteiger partial charge in [0, 0.05) is 24.3 Å². The number of ether oxygens (including phenoxy) is 1. The molecule has 4 heteroatoms. The van der Waals surface area contributed by atoms with Crippen molar-refractivity contribution < 1.29 is 13.5 Å². The topological polar surface area (TPSA) is 21.3 Å². The van der Waals surface area contributed by atoms with Crippen molar-refractivity contribution in [3.05, 3.63) is 35.4 Å². The van der Waals surface area contributed by atoms with E-state index in [4.69, 9.17) is 4.74 Å². The van der Waals surface area contributed by atoms with Gasteiger partial charge in [0.05, 0.1) is 6.61 Å². The third-order valence-electron chi connectivity index (χ3n) is 3.19. The first-order chi connectivity index (χ1) is 8.11. The lowest BCUT2D eigenvalue weighted by atomic mass is 9.94. The van der Waals surface area contributed by atoms with Gasteiger partial charge in [-0.25, -0.2) is 8.78 Å². The molecule has 2 rings (SSSR count). The summed E-state index contributed by atoms with van der Waals surface area (Å²) in [5.41, 5.74) is -0.0910. The number of hydrogen-bond donors (Lipinski definition) is 1. The molecule has 1 aliphatic heterocycles.